The summed E-state index contributed by atoms with van der Waals surface area (Å²) in [5.74, 6) is 1.12. The molecule has 2 aromatic rings. The van der Waals surface area contributed by atoms with Crippen LogP contribution in [0.5, 0.6) is 11.5 Å². The lowest BCUT2D eigenvalue weighted by molar-refractivity contribution is 0.240. The highest BCUT2D eigenvalue weighted by Crippen LogP contribution is 2.32. The van der Waals surface area contributed by atoms with Crippen molar-refractivity contribution in [2.24, 2.45) is 0 Å². The number of anilines is 1. The maximum absolute atomic E-state index is 11.7. The Balaban J connectivity index is 2.40. The van der Waals surface area contributed by atoms with Crippen molar-refractivity contribution in [3.05, 3.63) is 53.1 Å². The summed E-state index contributed by atoms with van der Waals surface area (Å²) in [4.78, 5) is 13.9. The zero-order chi connectivity index (χ0) is 24.4. The first-order chi connectivity index (χ1) is 15.9. The van der Waals surface area contributed by atoms with E-state index in [-0.39, 0.29) is 18.7 Å². The van der Waals surface area contributed by atoms with Crippen LogP contribution in [0.1, 0.15) is 37.0 Å². The molecule has 0 saturated heterocycles. The van der Waals surface area contributed by atoms with Crippen molar-refractivity contribution >= 4 is 17.4 Å². The number of ether oxygens (including phenoxy) is 2. The summed E-state index contributed by atoms with van der Waals surface area (Å²) in [5.41, 5.74) is 3.72. The van der Waals surface area contributed by atoms with Crippen LogP contribution in [0.25, 0.3) is 0 Å². The van der Waals surface area contributed by atoms with Crippen LogP contribution in [-0.2, 0) is 6.42 Å². The molecule has 0 fully saturated rings. The number of benzene rings is 2. The van der Waals surface area contributed by atoms with Crippen LogP contribution < -0.4 is 25.0 Å². The molecule has 0 heterocycles. The number of hydrogen-bond acceptors (Lipinski definition) is 6. The van der Waals surface area contributed by atoms with Gasteiger partial charge in [0.25, 0.3) is 0 Å². The van der Waals surface area contributed by atoms with Crippen LogP contribution in [0.15, 0.2) is 36.4 Å². The minimum absolute atomic E-state index is 0.0921. The average Bonchev–Trinajstić information content (AvgIpc) is 2.83. The number of aliphatic hydroxyl groups excluding tert-OH is 1. The van der Waals surface area contributed by atoms with Gasteiger partial charge in [-0.1, -0.05) is 19.1 Å². The maximum atomic E-state index is 11.7. The van der Waals surface area contributed by atoms with Gasteiger partial charge in [-0.2, -0.15) is 0 Å². The van der Waals surface area contributed by atoms with Gasteiger partial charge >= 0.3 is 6.03 Å². The molecule has 0 aliphatic carbocycles. The van der Waals surface area contributed by atoms with Gasteiger partial charge in [0.1, 0.15) is 0 Å². The van der Waals surface area contributed by atoms with Crippen molar-refractivity contribution in [1.82, 2.24) is 10.6 Å². The van der Waals surface area contributed by atoms with Gasteiger partial charge in [0.2, 0.25) is 0 Å². The van der Waals surface area contributed by atoms with Gasteiger partial charge in [-0.3, -0.25) is 5.41 Å². The highest BCUT2D eigenvalue weighted by molar-refractivity contribution is 6.12. The fraction of sp³-hybridized carbons (Fsp3) is 0.440. The normalized spacial score (nSPS) is 11.5. The van der Waals surface area contributed by atoms with Gasteiger partial charge in [-0.25, -0.2) is 4.79 Å². The van der Waals surface area contributed by atoms with Gasteiger partial charge < -0.3 is 30.1 Å². The predicted octanol–water partition coefficient (Wildman–Crippen LogP) is 3.19. The molecule has 4 N–H and O–H groups in total. The van der Waals surface area contributed by atoms with E-state index in [1.54, 1.807) is 21.3 Å². The van der Waals surface area contributed by atoms with Crippen molar-refractivity contribution < 1.29 is 19.4 Å². The van der Waals surface area contributed by atoms with Crippen LogP contribution in [0.3, 0.4) is 0 Å². The molecule has 8 heteroatoms. The Morgan fingerprint density at radius 2 is 1.76 bits per heavy atom. The second-order valence-corrected chi connectivity index (χ2v) is 7.83. The third-order valence-corrected chi connectivity index (χ3v) is 5.39. The van der Waals surface area contributed by atoms with Crippen molar-refractivity contribution in [2.45, 2.75) is 32.7 Å². The van der Waals surface area contributed by atoms with E-state index < -0.39 is 0 Å². The number of aliphatic hydroxyl groups is 1. The minimum atomic E-state index is -0.255. The van der Waals surface area contributed by atoms with E-state index in [0.717, 1.165) is 29.8 Å². The first kappa shape index (κ1) is 26.0. The Morgan fingerprint density at radius 1 is 1.12 bits per heavy atom. The summed E-state index contributed by atoms with van der Waals surface area (Å²) < 4.78 is 10.9. The summed E-state index contributed by atoms with van der Waals surface area (Å²) in [7, 11) is 4.72. The lowest BCUT2D eigenvalue weighted by Gasteiger charge is -2.24. The molecule has 8 nitrogen and oxygen atoms in total. The quantitative estimate of drug-likeness (QED) is 0.367. The largest absolute Gasteiger partial charge is 0.493 e. The molecule has 1 unspecified atom stereocenters. The maximum Gasteiger partial charge on any atom is 0.314 e. The number of carbonyl (C=O) groups excluding carboxylic acids is 1. The van der Waals surface area contributed by atoms with Gasteiger partial charge in [0, 0.05) is 43.0 Å². The van der Waals surface area contributed by atoms with E-state index in [0.29, 0.717) is 35.7 Å². The number of nitrogens with zero attached hydrogens (tertiary/aromatic N) is 1. The number of methoxy groups -OCH3 is 2. The first-order valence-corrected chi connectivity index (χ1v) is 11.2. The number of carbonyl (C=O) groups is 1. The van der Waals surface area contributed by atoms with Crippen LogP contribution in [0.4, 0.5) is 10.5 Å². The molecule has 2 rings (SSSR count). The third-order valence-electron chi connectivity index (χ3n) is 5.39. The Bertz CT molecular complexity index is 925. The summed E-state index contributed by atoms with van der Waals surface area (Å²) >= 11 is 0. The fourth-order valence-corrected chi connectivity index (χ4v) is 3.75. The fourth-order valence-electron chi connectivity index (χ4n) is 3.75. The predicted molar refractivity (Wildman–Crippen MR) is 132 cm³/mol. The number of hydrogen-bond donors (Lipinski definition) is 4. The Kier molecular flexibility index (Phi) is 10.00. The highest BCUT2D eigenvalue weighted by Gasteiger charge is 2.18. The Labute approximate surface area is 196 Å². The van der Waals surface area contributed by atoms with Crippen molar-refractivity contribution in [2.75, 3.05) is 45.9 Å². The topological polar surface area (TPSA) is 107 Å². The number of nitrogens with one attached hydrogen (secondary N) is 3. The zero-order valence-electron chi connectivity index (χ0n) is 20.2. The SMILES string of the molecule is CCCN(CCO)c1ccc(C(=N)c2cc(OC)c(OC)cc2CC(C)NC(=O)NC)cc1. The number of rotatable bonds is 12. The van der Waals surface area contributed by atoms with Crippen LogP contribution in [0, 0.1) is 5.41 Å². The van der Waals surface area contributed by atoms with Crippen LogP contribution in [-0.4, -0.2) is 63.9 Å². The minimum Gasteiger partial charge on any atom is -0.493 e. The molecule has 0 aromatic heterocycles. The van der Waals surface area contributed by atoms with Gasteiger partial charge in [0.15, 0.2) is 11.5 Å². The van der Waals surface area contributed by atoms with E-state index in [1.165, 1.54) is 0 Å². The Morgan fingerprint density at radius 3 is 2.30 bits per heavy atom. The monoisotopic (exact) mass is 456 g/mol. The molecule has 33 heavy (non-hydrogen) atoms. The zero-order valence-corrected chi connectivity index (χ0v) is 20.2. The van der Waals surface area contributed by atoms with Crippen LogP contribution >= 0.6 is 0 Å². The lowest BCUT2D eigenvalue weighted by Crippen LogP contribution is -2.40. The molecule has 0 spiro atoms. The molecule has 0 aliphatic rings. The standard InChI is InChI=1S/C25H36N4O4/c1-6-11-29(12-13-30)20-9-7-18(8-10-20)24(26)21-16-23(33-5)22(32-4)15-19(21)14-17(2)28-25(31)27-3/h7-10,15-17,26,30H,6,11-14H2,1-5H3,(H2,27,28,31). The van der Waals surface area contributed by atoms with Gasteiger partial charge in [-0.05, 0) is 49.6 Å². The summed E-state index contributed by atoms with van der Waals surface area (Å²) in [6.07, 6.45) is 1.50. The Hall–Kier alpha value is -3.26. The van der Waals surface area contributed by atoms with Crippen molar-refractivity contribution in [1.29, 1.82) is 5.41 Å². The van der Waals surface area contributed by atoms with E-state index in [1.807, 2.05) is 43.3 Å². The summed E-state index contributed by atoms with van der Waals surface area (Å²) in [5, 5.41) is 23.7. The molecule has 2 aromatic carbocycles. The summed E-state index contributed by atoms with van der Waals surface area (Å²) in [6.45, 7) is 5.54. The van der Waals surface area contributed by atoms with E-state index in [9.17, 15) is 9.90 Å². The lowest BCUT2D eigenvalue weighted by atomic mass is 9.93. The smallest absolute Gasteiger partial charge is 0.314 e. The van der Waals surface area contributed by atoms with E-state index >= 15 is 0 Å². The molecular weight excluding hydrogens is 420 g/mol. The molecule has 2 amide bonds. The molecule has 0 saturated carbocycles. The van der Waals surface area contributed by atoms with E-state index in [2.05, 4.69) is 22.5 Å². The number of amides is 2. The molecule has 1 atom stereocenters. The second-order valence-electron chi connectivity index (χ2n) is 7.83. The second kappa shape index (κ2) is 12.7. The van der Waals surface area contributed by atoms with Crippen molar-refractivity contribution in [3.8, 4) is 11.5 Å². The number of urea groups is 1. The molecule has 180 valence electrons. The van der Waals surface area contributed by atoms with Gasteiger partial charge in [0.05, 0.1) is 26.5 Å². The molecule has 0 bridgehead atoms. The molecule has 0 radical (unpaired) electrons. The van der Waals surface area contributed by atoms with Crippen molar-refractivity contribution in [3.63, 3.8) is 0 Å². The van der Waals surface area contributed by atoms with E-state index in [4.69, 9.17) is 14.9 Å². The first-order valence-electron chi connectivity index (χ1n) is 11.2. The molecular formula is C25H36N4O4. The van der Waals surface area contributed by atoms with Gasteiger partial charge in [-0.15, -0.1) is 0 Å². The highest BCUT2D eigenvalue weighted by atomic mass is 16.5. The third kappa shape index (κ3) is 6.86. The molecule has 0 aliphatic heterocycles. The van der Waals surface area contributed by atoms with Crippen LogP contribution in [0.2, 0.25) is 0 Å². The average molecular weight is 457 g/mol. The summed E-state index contributed by atoms with van der Waals surface area (Å²) in [6, 6.07) is 11.1.